The Bertz CT molecular complexity index is 385. The van der Waals surface area contributed by atoms with Gasteiger partial charge in [0.15, 0.2) is 0 Å². The van der Waals surface area contributed by atoms with Crippen molar-refractivity contribution >= 4 is 12.0 Å². The summed E-state index contributed by atoms with van der Waals surface area (Å²) in [6.07, 6.45) is 3.62. The largest absolute Gasteiger partial charge is 0.480 e. The first-order valence-electron chi connectivity index (χ1n) is 7.70. The van der Waals surface area contributed by atoms with Crippen molar-refractivity contribution in [1.29, 1.82) is 0 Å². The molecule has 2 aliphatic rings. The third-order valence-corrected chi connectivity index (χ3v) is 4.76. The van der Waals surface area contributed by atoms with Crippen molar-refractivity contribution in [2.75, 3.05) is 13.1 Å². The Morgan fingerprint density at radius 2 is 1.70 bits per heavy atom. The van der Waals surface area contributed by atoms with Gasteiger partial charge in [-0.15, -0.1) is 0 Å². The van der Waals surface area contributed by atoms with Crippen molar-refractivity contribution in [3.8, 4) is 0 Å². The predicted octanol–water partition coefficient (Wildman–Crippen LogP) is 2.41. The Balaban J connectivity index is 2.11. The maximum Gasteiger partial charge on any atom is 0.326 e. The Morgan fingerprint density at radius 3 is 2.35 bits per heavy atom. The highest BCUT2D eigenvalue weighted by atomic mass is 16.4. The Morgan fingerprint density at radius 1 is 1.00 bits per heavy atom. The number of hydrogen-bond donors (Lipinski definition) is 1. The summed E-state index contributed by atoms with van der Waals surface area (Å²) < 4.78 is 0. The summed E-state index contributed by atoms with van der Waals surface area (Å²) in [4.78, 5) is 27.6. The zero-order valence-corrected chi connectivity index (χ0v) is 12.7. The second-order valence-electron chi connectivity index (χ2n) is 6.64. The molecule has 0 aromatic heterocycles. The average molecular weight is 282 g/mol. The van der Waals surface area contributed by atoms with E-state index in [0.29, 0.717) is 24.8 Å². The second-order valence-corrected chi connectivity index (χ2v) is 6.64. The number of piperidine rings is 2. The normalized spacial score (nSPS) is 35.0. The van der Waals surface area contributed by atoms with E-state index in [2.05, 4.69) is 20.8 Å². The van der Waals surface area contributed by atoms with Gasteiger partial charge in [-0.25, -0.2) is 9.59 Å². The van der Waals surface area contributed by atoms with Crippen molar-refractivity contribution in [2.45, 2.75) is 58.5 Å². The highest BCUT2D eigenvalue weighted by molar-refractivity contribution is 5.83. The molecule has 114 valence electrons. The molecule has 5 nitrogen and oxygen atoms in total. The molecular weight excluding hydrogens is 256 g/mol. The molecule has 4 atom stereocenters. The molecule has 0 aromatic carbocycles. The van der Waals surface area contributed by atoms with E-state index in [0.717, 1.165) is 25.8 Å². The van der Waals surface area contributed by atoms with Crippen LogP contribution in [0.25, 0.3) is 0 Å². The summed E-state index contributed by atoms with van der Waals surface area (Å²) in [5.74, 6) is 0.00241. The van der Waals surface area contributed by atoms with Gasteiger partial charge in [-0.05, 0) is 44.4 Å². The van der Waals surface area contributed by atoms with Gasteiger partial charge in [0.2, 0.25) is 0 Å². The van der Waals surface area contributed by atoms with E-state index >= 15 is 0 Å². The predicted molar refractivity (Wildman–Crippen MR) is 76.5 cm³/mol. The minimum absolute atomic E-state index is 0.0802. The van der Waals surface area contributed by atoms with Crippen molar-refractivity contribution in [2.24, 2.45) is 11.8 Å². The average Bonchev–Trinajstić information content (AvgIpc) is 2.40. The number of carboxylic acids is 1. The molecule has 0 radical (unpaired) electrons. The molecule has 0 aliphatic carbocycles. The van der Waals surface area contributed by atoms with E-state index in [1.54, 1.807) is 4.90 Å². The molecule has 2 amide bonds. The molecule has 4 unspecified atom stereocenters. The molecule has 0 spiro atoms. The number of carboxylic acid groups (broad SMARTS) is 1. The number of amides is 2. The molecular formula is C15H26N2O3. The van der Waals surface area contributed by atoms with E-state index in [1.807, 2.05) is 4.90 Å². The van der Waals surface area contributed by atoms with Crippen LogP contribution in [0.4, 0.5) is 4.79 Å². The third kappa shape index (κ3) is 3.07. The third-order valence-electron chi connectivity index (χ3n) is 4.76. The lowest BCUT2D eigenvalue weighted by atomic mass is 9.92. The topological polar surface area (TPSA) is 60.9 Å². The highest BCUT2D eigenvalue weighted by Gasteiger charge is 2.38. The summed E-state index contributed by atoms with van der Waals surface area (Å²) in [6.45, 7) is 7.58. The first-order valence-corrected chi connectivity index (χ1v) is 7.70. The van der Waals surface area contributed by atoms with Crippen LogP contribution in [0.2, 0.25) is 0 Å². The standard InChI is InChI=1S/C15H26N2O3/c1-10-6-7-16(13(8-10)14(18)19)15(20)17-9-11(2)4-5-12(17)3/h10-13H,4-9H2,1-3H3,(H,18,19). The van der Waals surface area contributed by atoms with Crippen molar-refractivity contribution in [3.05, 3.63) is 0 Å². The van der Waals surface area contributed by atoms with Gasteiger partial charge < -0.3 is 14.9 Å². The lowest BCUT2D eigenvalue weighted by Crippen LogP contribution is -2.57. The zero-order chi connectivity index (χ0) is 14.9. The van der Waals surface area contributed by atoms with E-state index in [-0.39, 0.29) is 12.1 Å². The van der Waals surface area contributed by atoms with Crippen molar-refractivity contribution in [3.63, 3.8) is 0 Å². The highest BCUT2D eigenvalue weighted by Crippen LogP contribution is 2.27. The van der Waals surface area contributed by atoms with Gasteiger partial charge in [0.05, 0.1) is 0 Å². The van der Waals surface area contributed by atoms with Crippen molar-refractivity contribution in [1.82, 2.24) is 9.80 Å². The van der Waals surface area contributed by atoms with Crippen LogP contribution >= 0.6 is 0 Å². The fourth-order valence-electron chi connectivity index (χ4n) is 3.32. The molecule has 2 aliphatic heterocycles. The summed E-state index contributed by atoms with van der Waals surface area (Å²) >= 11 is 0. The Kier molecular flexibility index (Phi) is 4.55. The zero-order valence-electron chi connectivity index (χ0n) is 12.7. The molecule has 2 saturated heterocycles. The Labute approximate surface area is 120 Å². The minimum atomic E-state index is -0.873. The second kappa shape index (κ2) is 6.02. The van der Waals surface area contributed by atoms with Gasteiger partial charge in [0.25, 0.3) is 0 Å². The molecule has 2 rings (SSSR count). The van der Waals surface area contributed by atoms with Crippen LogP contribution in [0.1, 0.15) is 46.5 Å². The smallest absolute Gasteiger partial charge is 0.326 e. The minimum Gasteiger partial charge on any atom is -0.480 e. The molecule has 5 heteroatoms. The number of aliphatic carboxylic acids is 1. The van der Waals surface area contributed by atoms with E-state index in [1.165, 1.54) is 0 Å². The number of likely N-dealkylation sites (tertiary alicyclic amines) is 2. The van der Waals surface area contributed by atoms with Crippen molar-refractivity contribution < 1.29 is 14.7 Å². The lowest BCUT2D eigenvalue weighted by molar-refractivity contribution is -0.144. The van der Waals surface area contributed by atoms with Crippen LogP contribution in [0.5, 0.6) is 0 Å². The van der Waals surface area contributed by atoms with Gasteiger partial charge in [0.1, 0.15) is 6.04 Å². The van der Waals surface area contributed by atoms with Gasteiger partial charge in [-0.3, -0.25) is 0 Å². The van der Waals surface area contributed by atoms with Crippen LogP contribution in [0.15, 0.2) is 0 Å². The van der Waals surface area contributed by atoms with Gasteiger partial charge in [-0.2, -0.15) is 0 Å². The molecule has 2 heterocycles. The first kappa shape index (κ1) is 15.1. The van der Waals surface area contributed by atoms with Crippen LogP contribution in [0, 0.1) is 11.8 Å². The molecule has 1 N–H and O–H groups in total. The maximum atomic E-state index is 12.7. The monoisotopic (exact) mass is 282 g/mol. The molecule has 20 heavy (non-hydrogen) atoms. The van der Waals surface area contributed by atoms with E-state index < -0.39 is 12.0 Å². The Hall–Kier alpha value is -1.26. The molecule has 0 saturated carbocycles. The summed E-state index contributed by atoms with van der Waals surface area (Å²) in [5, 5.41) is 9.38. The van der Waals surface area contributed by atoms with E-state index in [9.17, 15) is 14.7 Å². The molecule has 0 aromatic rings. The quantitative estimate of drug-likeness (QED) is 0.803. The fourth-order valence-corrected chi connectivity index (χ4v) is 3.32. The van der Waals surface area contributed by atoms with Crippen LogP contribution < -0.4 is 0 Å². The van der Waals surface area contributed by atoms with Gasteiger partial charge >= 0.3 is 12.0 Å². The summed E-state index contributed by atoms with van der Waals surface area (Å²) in [5.41, 5.74) is 0. The van der Waals surface area contributed by atoms with Gasteiger partial charge in [0, 0.05) is 19.1 Å². The number of nitrogens with zero attached hydrogens (tertiary/aromatic N) is 2. The number of carbonyl (C=O) groups is 2. The first-order chi connectivity index (χ1) is 9.40. The van der Waals surface area contributed by atoms with Crippen LogP contribution in [0.3, 0.4) is 0 Å². The van der Waals surface area contributed by atoms with Crippen LogP contribution in [-0.2, 0) is 4.79 Å². The summed E-state index contributed by atoms with van der Waals surface area (Å²) in [6, 6.07) is -0.522. The SMILES string of the molecule is CC1CCN(C(=O)N2CC(C)CCC2C)C(C(=O)O)C1. The number of carbonyl (C=O) groups excluding carboxylic acids is 1. The fraction of sp³-hybridized carbons (Fsp3) is 0.867. The van der Waals surface area contributed by atoms with Crippen LogP contribution in [-0.4, -0.2) is 52.1 Å². The molecule has 2 fully saturated rings. The maximum absolute atomic E-state index is 12.7. The number of hydrogen-bond acceptors (Lipinski definition) is 2. The van der Waals surface area contributed by atoms with Gasteiger partial charge in [-0.1, -0.05) is 13.8 Å². The number of urea groups is 1. The summed E-state index contributed by atoms with van der Waals surface area (Å²) in [7, 11) is 0. The lowest BCUT2D eigenvalue weighted by Gasteiger charge is -2.43. The number of rotatable bonds is 1. The molecule has 0 bridgehead atoms. The van der Waals surface area contributed by atoms with E-state index in [4.69, 9.17) is 0 Å².